The van der Waals surface area contributed by atoms with E-state index in [2.05, 4.69) is 19.2 Å². The third-order valence-corrected chi connectivity index (χ3v) is 3.81. The molecule has 0 saturated carbocycles. The minimum absolute atomic E-state index is 0.0640. The molecule has 0 radical (unpaired) electrons. The Morgan fingerprint density at radius 2 is 1.70 bits per heavy atom. The SMILES string of the molecule is CCOC(=O)/C=C/c1ccc(NC(=O)COc2ccc(C(C)C)cc2)cc1. The van der Waals surface area contributed by atoms with Crippen molar-refractivity contribution in [3.8, 4) is 5.75 Å². The number of carbonyl (C=O) groups excluding carboxylic acids is 2. The summed E-state index contributed by atoms with van der Waals surface area (Å²) in [5, 5.41) is 2.77. The number of esters is 1. The first kappa shape index (κ1) is 20.2. The number of hydrogen-bond acceptors (Lipinski definition) is 4. The Balaban J connectivity index is 1.82. The Hall–Kier alpha value is -3.08. The predicted molar refractivity (Wildman–Crippen MR) is 107 cm³/mol. The van der Waals surface area contributed by atoms with E-state index in [0.717, 1.165) is 5.56 Å². The quantitative estimate of drug-likeness (QED) is 0.555. The highest BCUT2D eigenvalue weighted by Gasteiger charge is 2.05. The van der Waals surface area contributed by atoms with Crippen LogP contribution in [0.4, 0.5) is 5.69 Å². The largest absolute Gasteiger partial charge is 0.484 e. The normalized spacial score (nSPS) is 10.8. The molecule has 5 heteroatoms. The van der Waals surface area contributed by atoms with Gasteiger partial charge in [0, 0.05) is 11.8 Å². The zero-order chi connectivity index (χ0) is 19.6. The molecule has 0 atom stereocenters. The molecule has 5 nitrogen and oxygen atoms in total. The van der Waals surface area contributed by atoms with Crippen molar-refractivity contribution in [1.29, 1.82) is 0 Å². The van der Waals surface area contributed by atoms with Crippen molar-refractivity contribution in [2.45, 2.75) is 26.7 Å². The molecule has 2 rings (SSSR count). The summed E-state index contributed by atoms with van der Waals surface area (Å²) in [6.07, 6.45) is 3.03. The van der Waals surface area contributed by atoms with E-state index in [-0.39, 0.29) is 18.5 Å². The summed E-state index contributed by atoms with van der Waals surface area (Å²) in [7, 11) is 0. The first-order valence-electron chi connectivity index (χ1n) is 8.95. The van der Waals surface area contributed by atoms with Crippen LogP contribution >= 0.6 is 0 Å². The maximum Gasteiger partial charge on any atom is 0.330 e. The van der Waals surface area contributed by atoms with Gasteiger partial charge in [0.05, 0.1) is 6.61 Å². The van der Waals surface area contributed by atoms with Gasteiger partial charge in [-0.05, 0) is 54.3 Å². The molecule has 1 amide bonds. The molecular weight excluding hydrogens is 342 g/mol. The van der Waals surface area contributed by atoms with Crippen molar-refractivity contribution in [3.05, 3.63) is 65.7 Å². The summed E-state index contributed by atoms with van der Waals surface area (Å²) in [6, 6.07) is 14.9. The number of hydrogen-bond donors (Lipinski definition) is 1. The van der Waals surface area contributed by atoms with Gasteiger partial charge in [-0.3, -0.25) is 4.79 Å². The van der Waals surface area contributed by atoms with Crippen LogP contribution in [0.25, 0.3) is 6.08 Å². The average molecular weight is 367 g/mol. The summed E-state index contributed by atoms with van der Waals surface area (Å²) in [4.78, 5) is 23.3. The number of anilines is 1. The van der Waals surface area contributed by atoms with Crippen LogP contribution < -0.4 is 10.1 Å². The fourth-order valence-electron chi connectivity index (χ4n) is 2.33. The van der Waals surface area contributed by atoms with E-state index in [1.54, 1.807) is 37.3 Å². The third-order valence-electron chi connectivity index (χ3n) is 3.81. The van der Waals surface area contributed by atoms with Crippen molar-refractivity contribution in [3.63, 3.8) is 0 Å². The van der Waals surface area contributed by atoms with Crippen molar-refractivity contribution in [2.75, 3.05) is 18.5 Å². The van der Waals surface area contributed by atoms with Gasteiger partial charge < -0.3 is 14.8 Å². The lowest BCUT2D eigenvalue weighted by atomic mass is 10.0. The van der Waals surface area contributed by atoms with Gasteiger partial charge in [-0.2, -0.15) is 0 Å². The molecular formula is C22H25NO4. The minimum Gasteiger partial charge on any atom is -0.484 e. The molecule has 0 saturated heterocycles. The lowest BCUT2D eigenvalue weighted by Crippen LogP contribution is -2.20. The fourth-order valence-corrected chi connectivity index (χ4v) is 2.33. The van der Waals surface area contributed by atoms with Gasteiger partial charge in [-0.1, -0.05) is 38.1 Å². The first-order valence-corrected chi connectivity index (χ1v) is 8.95. The molecule has 0 aromatic heterocycles. The Kier molecular flexibility index (Phi) is 7.62. The number of ether oxygens (including phenoxy) is 2. The van der Waals surface area contributed by atoms with E-state index in [4.69, 9.17) is 9.47 Å². The zero-order valence-corrected chi connectivity index (χ0v) is 15.9. The summed E-state index contributed by atoms with van der Waals surface area (Å²) < 4.78 is 10.3. The minimum atomic E-state index is -0.381. The van der Waals surface area contributed by atoms with Crippen LogP contribution in [0.3, 0.4) is 0 Å². The highest BCUT2D eigenvalue weighted by molar-refractivity contribution is 5.92. The molecule has 27 heavy (non-hydrogen) atoms. The topological polar surface area (TPSA) is 64.6 Å². The standard InChI is InChI=1S/C22H25NO4/c1-4-26-22(25)14-7-17-5-10-19(11-6-17)23-21(24)15-27-20-12-8-18(9-13-20)16(2)3/h5-14,16H,4,15H2,1-3H3,(H,23,24)/b14-7+. The van der Waals surface area contributed by atoms with Gasteiger partial charge in [0.1, 0.15) is 5.75 Å². The second kappa shape index (κ2) is 10.2. The summed E-state index contributed by atoms with van der Waals surface area (Å²) >= 11 is 0. The molecule has 2 aromatic rings. The molecule has 0 spiro atoms. The van der Waals surface area contributed by atoms with E-state index in [1.807, 2.05) is 24.3 Å². The van der Waals surface area contributed by atoms with Crippen molar-refractivity contribution in [1.82, 2.24) is 0 Å². The van der Waals surface area contributed by atoms with Crippen LogP contribution in [0.1, 0.15) is 37.8 Å². The zero-order valence-electron chi connectivity index (χ0n) is 15.9. The number of amides is 1. The number of nitrogens with one attached hydrogen (secondary N) is 1. The smallest absolute Gasteiger partial charge is 0.330 e. The van der Waals surface area contributed by atoms with E-state index in [9.17, 15) is 9.59 Å². The predicted octanol–water partition coefficient (Wildman–Crippen LogP) is 4.40. The van der Waals surface area contributed by atoms with Gasteiger partial charge >= 0.3 is 5.97 Å². The Morgan fingerprint density at radius 1 is 1.04 bits per heavy atom. The molecule has 0 fully saturated rings. The van der Waals surface area contributed by atoms with Gasteiger partial charge in [-0.25, -0.2) is 4.79 Å². The van der Waals surface area contributed by atoms with Gasteiger partial charge in [-0.15, -0.1) is 0 Å². The molecule has 142 valence electrons. The van der Waals surface area contributed by atoms with Crippen LogP contribution in [0.5, 0.6) is 5.75 Å². The van der Waals surface area contributed by atoms with Gasteiger partial charge in [0.25, 0.3) is 5.91 Å². The maximum atomic E-state index is 12.0. The van der Waals surface area contributed by atoms with E-state index < -0.39 is 0 Å². The molecule has 0 aliphatic carbocycles. The molecule has 0 aliphatic heterocycles. The molecule has 1 N–H and O–H groups in total. The van der Waals surface area contributed by atoms with Gasteiger partial charge in [0.15, 0.2) is 6.61 Å². The number of benzene rings is 2. The van der Waals surface area contributed by atoms with Crippen LogP contribution in [-0.4, -0.2) is 25.1 Å². The molecule has 0 unspecified atom stereocenters. The van der Waals surface area contributed by atoms with Crippen molar-refractivity contribution in [2.24, 2.45) is 0 Å². The van der Waals surface area contributed by atoms with Crippen molar-refractivity contribution >= 4 is 23.6 Å². The Morgan fingerprint density at radius 3 is 2.30 bits per heavy atom. The van der Waals surface area contributed by atoms with Crippen LogP contribution in [0.15, 0.2) is 54.6 Å². The molecule has 0 bridgehead atoms. The van der Waals surface area contributed by atoms with Crippen LogP contribution in [0, 0.1) is 0 Å². The van der Waals surface area contributed by atoms with Crippen molar-refractivity contribution < 1.29 is 19.1 Å². The fraction of sp³-hybridized carbons (Fsp3) is 0.273. The van der Waals surface area contributed by atoms with Crippen LogP contribution in [0.2, 0.25) is 0 Å². The van der Waals surface area contributed by atoms with Crippen LogP contribution in [-0.2, 0) is 14.3 Å². The highest BCUT2D eigenvalue weighted by Crippen LogP contribution is 2.18. The summed E-state index contributed by atoms with van der Waals surface area (Å²) in [5.74, 6) is 0.498. The second-order valence-corrected chi connectivity index (χ2v) is 6.27. The Labute approximate surface area is 160 Å². The first-order chi connectivity index (χ1) is 13.0. The lowest BCUT2D eigenvalue weighted by molar-refractivity contribution is -0.137. The number of carbonyl (C=O) groups is 2. The monoisotopic (exact) mass is 367 g/mol. The average Bonchev–Trinajstić information content (AvgIpc) is 2.66. The Bertz CT molecular complexity index is 777. The lowest BCUT2D eigenvalue weighted by Gasteiger charge is -2.09. The van der Waals surface area contributed by atoms with E-state index in [0.29, 0.717) is 24.0 Å². The maximum absolute atomic E-state index is 12.0. The molecule has 0 heterocycles. The molecule has 2 aromatic carbocycles. The van der Waals surface area contributed by atoms with E-state index in [1.165, 1.54) is 11.6 Å². The summed E-state index contributed by atoms with van der Waals surface area (Å²) in [5.41, 5.74) is 2.72. The van der Waals surface area contributed by atoms with Gasteiger partial charge in [0.2, 0.25) is 0 Å². The van der Waals surface area contributed by atoms with E-state index >= 15 is 0 Å². The number of rotatable bonds is 8. The summed E-state index contributed by atoms with van der Waals surface area (Å²) in [6.45, 7) is 6.29. The highest BCUT2D eigenvalue weighted by atomic mass is 16.5. The third kappa shape index (κ3) is 6.98. The molecule has 0 aliphatic rings. The second-order valence-electron chi connectivity index (χ2n) is 6.27.